The van der Waals surface area contributed by atoms with Crippen molar-refractivity contribution in [1.29, 1.82) is 10.5 Å². The van der Waals surface area contributed by atoms with Crippen molar-refractivity contribution in [3.63, 3.8) is 0 Å². The topological polar surface area (TPSA) is 117 Å². The highest BCUT2D eigenvalue weighted by molar-refractivity contribution is 5.59. The van der Waals surface area contributed by atoms with E-state index in [1.54, 1.807) is 12.1 Å². The number of carbonyl (C=O) groups is 1. The number of benzene rings is 2. The molecule has 24 heavy (non-hydrogen) atoms. The first-order valence-corrected chi connectivity index (χ1v) is 6.52. The molecule has 0 atom stereocenters. The largest absolute Gasteiger partial charge is 0.447 e. The van der Waals surface area contributed by atoms with Crippen LogP contribution < -0.4 is 4.74 Å². The van der Waals surface area contributed by atoms with E-state index in [-0.39, 0.29) is 28.9 Å². The van der Waals surface area contributed by atoms with Crippen LogP contribution in [0.15, 0.2) is 30.3 Å². The standard InChI is InChI=1S/C16H8FN3O4/c17-15-12(3-4-21)1-2-14(20(22)23)16(15)24-13-6-10(8-18)5-11(7-13)9-19/h1-2,4-7H,3H2. The predicted octanol–water partition coefficient (Wildman–Crippen LogP) is 3.01. The second kappa shape index (κ2) is 6.99. The first-order valence-electron chi connectivity index (χ1n) is 6.52. The van der Waals surface area contributed by atoms with Gasteiger partial charge in [0.25, 0.3) is 0 Å². The number of ether oxygens (including phenoxy) is 1. The number of aldehydes is 1. The van der Waals surface area contributed by atoms with Crippen molar-refractivity contribution >= 4 is 12.0 Å². The zero-order valence-corrected chi connectivity index (χ0v) is 12.0. The normalized spacial score (nSPS) is 9.62. The fourth-order valence-electron chi connectivity index (χ4n) is 1.98. The molecule has 0 bridgehead atoms. The van der Waals surface area contributed by atoms with E-state index in [4.69, 9.17) is 15.3 Å². The molecule has 0 saturated carbocycles. The van der Waals surface area contributed by atoms with Crippen LogP contribution >= 0.6 is 0 Å². The van der Waals surface area contributed by atoms with E-state index in [0.29, 0.717) is 6.29 Å². The van der Waals surface area contributed by atoms with E-state index in [2.05, 4.69) is 0 Å². The van der Waals surface area contributed by atoms with Crippen molar-refractivity contribution < 1.29 is 18.8 Å². The van der Waals surface area contributed by atoms with Crippen molar-refractivity contribution in [2.45, 2.75) is 6.42 Å². The highest BCUT2D eigenvalue weighted by atomic mass is 19.1. The Bertz CT molecular complexity index is 881. The summed E-state index contributed by atoms with van der Waals surface area (Å²) in [5.74, 6) is -1.83. The average Bonchev–Trinajstić information content (AvgIpc) is 2.57. The quantitative estimate of drug-likeness (QED) is 0.474. The lowest BCUT2D eigenvalue weighted by Gasteiger charge is -2.10. The van der Waals surface area contributed by atoms with Gasteiger partial charge >= 0.3 is 5.69 Å². The molecule has 0 radical (unpaired) electrons. The van der Waals surface area contributed by atoms with Crippen LogP contribution in [0.25, 0.3) is 0 Å². The summed E-state index contributed by atoms with van der Waals surface area (Å²) in [6.07, 6.45) is 0.181. The Morgan fingerprint density at radius 2 is 1.83 bits per heavy atom. The summed E-state index contributed by atoms with van der Waals surface area (Å²) in [5.41, 5.74) is -0.544. The van der Waals surface area contributed by atoms with E-state index in [1.165, 1.54) is 18.2 Å². The molecule has 0 N–H and O–H groups in total. The Kier molecular flexibility index (Phi) is 4.83. The van der Waals surface area contributed by atoms with Gasteiger partial charge in [-0.3, -0.25) is 10.1 Å². The predicted molar refractivity (Wildman–Crippen MR) is 78.8 cm³/mol. The number of hydrogen-bond acceptors (Lipinski definition) is 6. The first kappa shape index (κ1) is 16.6. The van der Waals surface area contributed by atoms with Gasteiger partial charge in [-0.2, -0.15) is 10.5 Å². The van der Waals surface area contributed by atoms with Gasteiger partial charge < -0.3 is 9.53 Å². The molecule has 0 amide bonds. The molecule has 0 fully saturated rings. The van der Waals surface area contributed by atoms with E-state index in [1.807, 2.05) is 0 Å². The van der Waals surface area contributed by atoms with Crippen molar-refractivity contribution in [1.82, 2.24) is 0 Å². The maximum absolute atomic E-state index is 14.4. The van der Waals surface area contributed by atoms with Gasteiger partial charge in [0.2, 0.25) is 5.75 Å². The van der Waals surface area contributed by atoms with Crippen LogP contribution in [0.5, 0.6) is 11.5 Å². The fraction of sp³-hybridized carbons (Fsp3) is 0.0625. The number of carbonyl (C=O) groups excluding carboxylic acids is 1. The molecule has 7 nitrogen and oxygen atoms in total. The van der Waals surface area contributed by atoms with Crippen LogP contribution in [0.3, 0.4) is 0 Å². The first-order chi connectivity index (χ1) is 11.5. The lowest BCUT2D eigenvalue weighted by atomic mass is 10.1. The molecule has 0 aliphatic carbocycles. The highest BCUT2D eigenvalue weighted by Gasteiger charge is 2.23. The van der Waals surface area contributed by atoms with Crippen LogP contribution in [0, 0.1) is 38.6 Å². The molecule has 0 aliphatic rings. The molecule has 0 aliphatic heterocycles. The van der Waals surface area contributed by atoms with Crippen LogP contribution in [0.2, 0.25) is 0 Å². The van der Waals surface area contributed by atoms with Gasteiger partial charge in [0.05, 0.1) is 28.2 Å². The third kappa shape index (κ3) is 3.34. The number of nitro groups is 1. The Morgan fingerprint density at radius 1 is 1.21 bits per heavy atom. The number of rotatable bonds is 5. The Labute approximate surface area is 135 Å². The molecular formula is C16H8FN3O4. The summed E-state index contributed by atoms with van der Waals surface area (Å²) in [4.78, 5) is 20.8. The molecule has 0 aromatic heterocycles. The molecule has 0 heterocycles. The summed E-state index contributed by atoms with van der Waals surface area (Å²) in [6, 6.07) is 9.49. The Balaban J connectivity index is 2.58. The molecule has 8 heteroatoms. The zero-order valence-electron chi connectivity index (χ0n) is 12.0. The molecule has 2 aromatic carbocycles. The third-order valence-electron chi connectivity index (χ3n) is 3.04. The number of halogens is 1. The second-order valence-corrected chi connectivity index (χ2v) is 4.59. The monoisotopic (exact) mass is 325 g/mol. The molecule has 0 spiro atoms. The maximum Gasteiger partial charge on any atom is 0.314 e. The summed E-state index contributed by atoms with van der Waals surface area (Å²) in [6.45, 7) is 0. The summed E-state index contributed by atoms with van der Waals surface area (Å²) in [5, 5.41) is 28.9. The van der Waals surface area contributed by atoms with E-state index in [9.17, 15) is 19.3 Å². The SMILES string of the molecule is N#Cc1cc(C#N)cc(Oc2c([N+](=O)[O-])ccc(CC=O)c2F)c1. The van der Waals surface area contributed by atoms with Gasteiger partial charge in [0.15, 0.2) is 5.82 Å². The molecule has 2 aromatic rings. The van der Waals surface area contributed by atoms with Crippen LogP contribution in [-0.4, -0.2) is 11.2 Å². The number of nitrogens with zero attached hydrogens (tertiary/aromatic N) is 3. The molecule has 0 saturated heterocycles. The van der Waals surface area contributed by atoms with Crippen molar-refractivity contribution in [2.24, 2.45) is 0 Å². The number of nitro benzene ring substituents is 1. The van der Waals surface area contributed by atoms with Gasteiger partial charge in [0, 0.05) is 12.5 Å². The number of hydrogen-bond donors (Lipinski definition) is 0. The molecular weight excluding hydrogens is 317 g/mol. The van der Waals surface area contributed by atoms with Gasteiger partial charge in [-0.25, -0.2) is 4.39 Å². The molecule has 118 valence electrons. The van der Waals surface area contributed by atoms with Gasteiger partial charge in [-0.05, 0) is 29.8 Å². The lowest BCUT2D eigenvalue weighted by molar-refractivity contribution is -0.385. The van der Waals surface area contributed by atoms with Crippen LogP contribution in [0.4, 0.5) is 10.1 Å². The van der Waals surface area contributed by atoms with Crippen LogP contribution in [-0.2, 0) is 11.2 Å². The smallest absolute Gasteiger partial charge is 0.314 e. The summed E-state index contributed by atoms with van der Waals surface area (Å²) >= 11 is 0. The second-order valence-electron chi connectivity index (χ2n) is 4.59. The summed E-state index contributed by atoms with van der Waals surface area (Å²) in [7, 11) is 0. The van der Waals surface area contributed by atoms with Crippen molar-refractivity contribution in [3.8, 4) is 23.6 Å². The third-order valence-corrected chi connectivity index (χ3v) is 3.04. The van der Waals surface area contributed by atoms with Gasteiger partial charge in [-0.1, -0.05) is 0 Å². The Hall–Kier alpha value is -3.78. The van der Waals surface area contributed by atoms with Gasteiger partial charge in [0.1, 0.15) is 12.0 Å². The van der Waals surface area contributed by atoms with E-state index in [0.717, 1.165) is 12.1 Å². The minimum absolute atomic E-state index is 0.0671. The maximum atomic E-state index is 14.4. The minimum atomic E-state index is -1.04. The lowest BCUT2D eigenvalue weighted by Crippen LogP contribution is -2.01. The number of nitriles is 2. The van der Waals surface area contributed by atoms with E-state index >= 15 is 0 Å². The highest BCUT2D eigenvalue weighted by Crippen LogP contribution is 2.36. The molecule has 0 unspecified atom stereocenters. The van der Waals surface area contributed by atoms with Crippen molar-refractivity contribution in [2.75, 3.05) is 0 Å². The summed E-state index contributed by atoms with van der Waals surface area (Å²) < 4.78 is 19.7. The van der Waals surface area contributed by atoms with Crippen LogP contribution in [0.1, 0.15) is 16.7 Å². The average molecular weight is 325 g/mol. The molecule has 2 rings (SSSR count). The van der Waals surface area contributed by atoms with Crippen molar-refractivity contribution in [3.05, 3.63) is 63.0 Å². The van der Waals surface area contributed by atoms with E-state index < -0.39 is 22.2 Å². The minimum Gasteiger partial charge on any atom is -0.447 e. The Morgan fingerprint density at radius 3 is 2.33 bits per heavy atom. The zero-order chi connectivity index (χ0) is 17.7. The fourth-order valence-corrected chi connectivity index (χ4v) is 1.98. The van der Waals surface area contributed by atoms with Gasteiger partial charge in [-0.15, -0.1) is 0 Å².